The highest BCUT2D eigenvalue weighted by molar-refractivity contribution is 6.07. The summed E-state index contributed by atoms with van der Waals surface area (Å²) in [5.41, 5.74) is 14.5. The smallest absolute Gasteiger partial charge is 0.160 e. The molecular formula is C59H38N2. The molecule has 0 aliphatic heterocycles. The van der Waals surface area contributed by atoms with Gasteiger partial charge in [-0.15, -0.1) is 0 Å². The highest BCUT2D eigenvalue weighted by Crippen LogP contribution is 2.58. The second-order valence-electron chi connectivity index (χ2n) is 16.0. The van der Waals surface area contributed by atoms with Crippen LogP contribution >= 0.6 is 0 Å². The number of aromatic nitrogens is 2. The van der Waals surface area contributed by atoms with E-state index >= 15 is 0 Å². The maximum Gasteiger partial charge on any atom is 0.160 e. The number of rotatable bonds is 6. The van der Waals surface area contributed by atoms with E-state index < -0.39 is 5.41 Å². The molecular weight excluding hydrogens is 737 g/mol. The van der Waals surface area contributed by atoms with Crippen LogP contribution in [-0.2, 0) is 5.41 Å². The van der Waals surface area contributed by atoms with Gasteiger partial charge in [-0.05, 0) is 95.0 Å². The van der Waals surface area contributed by atoms with E-state index in [1.807, 2.05) is 18.2 Å². The summed E-state index contributed by atoms with van der Waals surface area (Å²) in [5, 5.41) is 7.25. The molecule has 0 fully saturated rings. The molecule has 0 unspecified atom stereocenters. The summed E-state index contributed by atoms with van der Waals surface area (Å²) in [5.74, 6) is 0.707. The van der Waals surface area contributed by atoms with Crippen molar-refractivity contribution in [1.29, 1.82) is 0 Å². The molecule has 0 atom stereocenters. The van der Waals surface area contributed by atoms with Gasteiger partial charge in [0.15, 0.2) is 5.82 Å². The zero-order valence-electron chi connectivity index (χ0n) is 33.3. The summed E-state index contributed by atoms with van der Waals surface area (Å²) in [4.78, 5) is 10.5. The Morgan fingerprint density at radius 3 is 1.57 bits per heavy atom. The van der Waals surface area contributed by atoms with Crippen LogP contribution in [0.25, 0.3) is 88.5 Å². The molecule has 0 N–H and O–H groups in total. The molecule has 11 aromatic rings. The van der Waals surface area contributed by atoms with Crippen molar-refractivity contribution < 1.29 is 0 Å². The van der Waals surface area contributed by atoms with Crippen LogP contribution in [0.5, 0.6) is 0 Å². The third kappa shape index (κ3) is 5.57. The summed E-state index contributed by atoms with van der Waals surface area (Å²) in [6.07, 6.45) is 0. The minimum Gasteiger partial charge on any atom is -0.228 e. The first-order valence-corrected chi connectivity index (χ1v) is 21.0. The topological polar surface area (TPSA) is 25.8 Å². The molecule has 10 aromatic carbocycles. The van der Waals surface area contributed by atoms with Crippen molar-refractivity contribution in [1.82, 2.24) is 9.97 Å². The van der Waals surface area contributed by atoms with Crippen molar-refractivity contribution in [2.75, 3.05) is 0 Å². The number of nitrogens with zero attached hydrogens (tertiary/aromatic N) is 2. The Morgan fingerprint density at radius 1 is 0.295 bits per heavy atom. The van der Waals surface area contributed by atoms with Gasteiger partial charge in [0.05, 0.1) is 16.8 Å². The normalized spacial score (nSPS) is 12.7. The van der Waals surface area contributed by atoms with Crippen molar-refractivity contribution in [3.63, 3.8) is 0 Å². The number of hydrogen-bond donors (Lipinski definition) is 0. The van der Waals surface area contributed by atoms with E-state index in [1.54, 1.807) is 0 Å². The molecule has 0 radical (unpaired) electrons. The van der Waals surface area contributed by atoms with Gasteiger partial charge in [-0.3, -0.25) is 0 Å². The number of hydrogen-bond acceptors (Lipinski definition) is 2. The molecule has 2 nitrogen and oxygen atoms in total. The van der Waals surface area contributed by atoms with Gasteiger partial charge in [-0.25, -0.2) is 9.97 Å². The molecule has 0 saturated carbocycles. The maximum atomic E-state index is 5.28. The predicted molar refractivity (Wildman–Crippen MR) is 254 cm³/mol. The molecule has 1 aliphatic rings. The molecule has 1 aliphatic carbocycles. The SMILES string of the molecule is c1ccc(-c2nc(-c3ccc4ccccc4c3)cc(-c3ccc(-c4ccc5c(c4)C(c4ccccc4)(c4ccccc4)c4ccc6ccccc6c4-5)c4ccccc34)n2)cc1. The van der Waals surface area contributed by atoms with Gasteiger partial charge in [0.25, 0.3) is 0 Å². The van der Waals surface area contributed by atoms with E-state index in [0.717, 1.165) is 33.5 Å². The summed E-state index contributed by atoms with van der Waals surface area (Å²) >= 11 is 0. The Hall–Kier alpha value is -7.94. The molecule has 61 heavy (non-hydrogen) atoms. The molecule has 12 rings (SSSR count). The van der Waals surface area contributed by atoms with Crippen molar-refractivity contribution in [3.8, 4) is 56.2 Å². The van der Waals surface area contributed by atoms with Crippen molar-refractivity contribution in [2.45, 2.75) is 5.41 Å². The van der Waals surface area contributed by atoms with E-state index in [2.05, 4.69) is 212 Å². The highest BCUT2D eigenvalue weighted by atomic mass is 14.9. The third-order valence-electron chi connectivity index (χ3n) is 12.8. The minimum atomic E-state index is -0.517. The van der Waals surface area contributed by atoms with Gasteiger partial charge in [-0.1, -0.05) is 212 Å². The number of benzene rings is 10. The van der Waals surface area contributed by atoms with Crippen LogP contribution in [0.2, 0.25) is 0 Å². The molecule has 0 saturated heterocycles. The first kappa shape index (κ1) is 35.0. The zero-order valence-corrected chi connectivity index (χ0v) is 33.3. The van der Waals surface area contributed by atoms with Crippen molar-refractivity contribution in [2.24, 2.45) is 0 Å². The van der Waals surface area contributed by atoms with E-state index in [-0.39, 0.29) is 0 Å². The van der Waals surface area contributed by atoms with E-state index in [9.17, 15) is 0 Å². The van der Waals surface area contributed by atoms with Gasteiger partial charge in [0.1, 0.15) is 0 Å². The Morgan fingerprint density at radius 2 is 0.836 bits per heavy atom. The minimum absolute atomic E-state index is 0.517. The first-order chi connectivity index (χ1) is 30.2. The highest BCUT2D eigenvalue weighted by Gasteiger charge is 2.46. The lowest BCUT2D eigenvalue weighted by molar-refractivity contribution is 0.769. The van der Waals surface area contributed by atoms with Crippen LogP contribution in [0.1, 0.15) is 22.3 Å². The summed E-state index contributed by atoms with van der Waals surface area (Å²) < 4.78 is 0. The molecule has 0 bridgehead atoms. The second kappa shape index (κ2) is 14.1. The fourth-order valence-corrected chi connectivity index (χ4v) is 10.00. The molecule has 0 spiro atoms. The van der Waals surface area contributed by atoms with Gasteiger partial charge in [0, 0.05) is 16.7 Å². The van der Waals surface area contributed by atoms with Crippen LogP contribution in [0.4, 0.5) is 0 Å². The van der Waals surface area contributed by atoms with Gasteiger partial charge < -0.3 is 0 Å². The zero-order chi connectivity index (χ0) is 40.3. The van der Waals surface area contributed by atoms with Crippen LogP contribution in [0, 0.1) is 0 Å². The van der Waals surface area contributed by atoms with Gasteiger partial charge in [0.2, 0.25) is 0 Å². The fraction of sp³-hybridized carbons (Fsp3) is 0.0169. The lowest BCUT2D eigenvalue weighted by Gasteiger charge is -2.34. The Balaban J connectivity index is 1.08. The summed E-state index contributed by atoms with van der Waals surface area (Å²) in [6.45, 7) is 0. The predicted octanol–water partition coefficient (Wildman–Crippen LogP) is 15.0. The van der Waals surface area contributed by atoms with Gasteiger partial charge >= 0.3 is 0 Å². The molecule has 2 heteroatoms. The second-order valence-corrected chi connectivity index (χ2v) is 16.0. The van der Waals surface area contributed by atoms with E-state index in [1.165, 1.54) is 71.4 Å². The van der Waals surface area contributed by atoms with Crippen LogP contribution in [0.15, 0.2) is 231 Å². The molecule has 284 valence electrons. The molecule has 1 aromatic heterocycles. The lowest BCUT2D eigenvalue weighted by Crippen LogP contribution is -2.28. The van der Waals surface area contributed by atoms with Crippen LogP contribution in [0.3, 0.4) is 0 Å². The number of fused-ring (bicyclic) bond motifs is 7. The quantitative estimate of drug-likeness (QED) is 0.168. The average Bonchev–Trinajstić information content (AvgIpc) is 3.65. The first-order valence-electron chi connectivity index (χ1n) is 21.0. The van der Waals surface area contributed by atoms with Crippen LogP contribution < -0.4 is 0 Å². The Kier molecular flexibility index (Phi) is 8.11. The fourth-order valence-electron chi connectivity index (χ4n) is 10.00. The molecule has 0 amide bonds. The third-order valence-corrected chi connectivity index (χ3v) is 12.8. The summed E-state index contributed by atoms with van der Waals surface area (Å²) in [6, 6.07) is 83.7. The van der Waals surface area contributed by atoms with Crippen molar-refractivity contribution >= 4 is 32.3 Å². The standard InChI is InChI=1S/C59H38N2/c1-4-18-41(19-5-1)58-60-55(44-29-28-39-16-10-11-20-42(39)36-44)38-56(61-58)51-34-33-47(49-26-14-15-27-50(49)51)43-30-32-52-54(37-43)59(45-21-6-2-7-22-45,46-23-8-3-9-24-46)53-35-31-40-17-12-13-25-48(40)57(52)53/h1-38H. The molecule has 1 heterocycles. The van der Waals surface area contributed by atoms with Crippen LogP contribution in [-0.4, -0.2) is 9.97 Å². The van der Waals surface area contributed by atoms with E-state index in [4.69, 9.17) is 9.97 Å². The Bertz CT molecular complexity index is 3420. The monoisotopic (exact) mass is 774 g/mol. The Labute approximate surface area is 355 Å². The van der Waals surface area contributed by atoms with Gasteiger partial charge in [-0.2, -0.15) is 0 Å². The summed E-state index contributed by atoms with van der Waals surface area (Å²) in [7, 11) is 0. The van der Waals surface area contributed by atoms with Crippen molar-refractivity contribution in [3.05, 3.63) is 253 Å². The maximum absolute atomic E-state index is 5.28. The average molecular weight is 775 g/mol. The largest absolute Gasteiger partial charge is 0.228 e. The lowest BCUT2D eigenvalue weighted by atomic mass is 9.67. The van der Waals surface area contributed by atoms with E-state index in [0.29, 0.717) is 5.82 Å².